The lowest BCUT2D eigenvalue weighted by molar-refractivity contribution is 0.329. The number of pyridine rings is 1. The predicted octanol–water partition coefficient (Wildman–Crippen LogP) is 2.05. The van der Waals surface area contributed by atoms with Crippen molar-refractivity contribution in [3.05, 3.63) is 29.9 Å². The number of hydrogen-bond donors (Lipinski definition) is 1. The number of nitrogens with zero attached hydrogens (tertiary/aromatic N) is 3. The molecular weight excluding hydrogens is 240 g/mol. The Morgan fingerprint density at radius 2 is 2.32 bits per heavy atom. The van der Waals surface area contributed by atoms with Crippen molar-refractivity contribution in [1.29, 1.82) is 0 Å². The summed E-state index contributed by atoms with van der Waals surface area (Å²) in [5.41, 5.74) is 2.07. The molecule has 2 bridgehead atoms. The zero-order valence-corrected chi connectivity index (χ0v) is 10.8. The summed E-state index contributed by atoms with van der Waals surface area (Å²) < 4.78 is 5.49. The highest BCUT2D eigenvalue weighted by molar-refractivity contribution is 5.58. The van der Waals surface area contributed by atoms with E-state index in [9.17, 15) is 0 Å². The van der Waals surface area contributed by atoms with Crippen molar-refractivity contribution in [1.82, 2.24) is 20.4 Å². The first kappa shape index (κ1) is 11.1. The molecule has 1 N–H and O–H groups in total. The molecule has 0 spiro atoms. The summed E-state index contributed by atoms with van der Waals surface area (Å²) in [5, 5.41) is 7.73. The van der Waals surface area contributed by atoms with Gasteiger partial charge in [0.25, 0.3) is 0 Å². The first-order chi connectivity index (χ1) is 9.31. The third-order valence-corrected chi connectivity index (χ3v) is 4.32. The minimum absolute atomic E-state index is 0.391. The number of aryl methyl sites for hydroxylation is 1. The number of nitrogens with one attached hydrogen (secondary N) is 1. The molecule has 2 aromatic rings. The van der Waals surface area contributed by atoms with Crippen LogP contribution in [0.3, 0.4) is 0 Å². The quantitative estimate of drug-likeness (QED) is 0.891. The van der Waals surface area contributed by atoms with E-state index in [4.69, 9.17) is 4.52 Å². The van der Waals surface area contributed by atoms with Crippen LogP contribution in [-0.4, -0.2) is 27.2 Å². The predicted molar refractivity (Wildman–Crippen MR) is 69.6 cm³/mol. The Morgan fingerprint density at radius 3 is 3.05 bits per heavy atom. The minimum atomic E-state index is 0.391. The molecule has 5 nitrogen and oxygen atoms in total. The fourth-order valence-electron chi connectivity index (χ4n) is 3.32. The fraction of sp³-hybridized carbons (Fsp3) is 0.500. The number of rotatable bonds is 2. The van der Waals surface area contributed by atoms with E-state index in [0.29, 0.717) is 23.8 Å². The molecule has 19 heavy (non-hydrogen) atoms. The molecule has 0 aromatic carbocycles. The van der Waals surface area contributed by atoms with Gasteiger partial charge in [-0.25, -0.2) is 0 Å². The van der Waals surface area contributed by atoms with Gasteiger partial charge in [0.1, 0.15) is 0 Å². The molecule has 0 amide bonds. The molecule has 5 heteroatoms. The Hall–Kier alpha value is -1.75. The van der Waals surface area contributed by atoms with Crippen molar-refractivity contribution in [2.24, 2.45) is 0 Å². The highest BCUT2D eigenvalue weighted by atomic mass is 16.5. The highest BCUT2D eigenvalue weighted by Crippen LogP contribution is 2.39. The van der Waals surface area contributed by atoms with E-state index in [1.807, 2.05) is 19.2 Å². The van der Waals surface area contributed by atoms with Crippen molar-refractivity contribution >= 4 is 0 Å². The second-order valence-corrected chi connectivity index (χ2v) is 5.54. The number of fused-ring (bicyclic) bond motifs is 2. The summed E-state index contributed by atoms with van der Waals surface area (Å²) in [6.45, 7) is 2.01. The van der Waals surface area contributed by atoms with Gasteiger partial charge in [-0.2, -0.15) is 4.98 Å². The molecule has 3 atom stereocenters. The van der Waals surface area contributed by atoms with Crippen molar-refractivity contribution in [2.75, 3.05) is 0 Å². The molecule has 2 saturated heterocycles. The lowest BCUT2D eigenvalue weighted by atomic mass is 9.89. The topological polar surface area (TPSA) is 63.8 Å². The Kier molecular flexibility index (Phi) is 2.41. The molecule has 0 aliphatic carbocycles. The minimum Gasteiger partial charge on any atom is -0.339 e. The molecule has 4 heterocycles. The maximum Gasteiger partial charge on any atom is 0.231 e. The second-order valence-electron chi connectivity index (χ2n) is 5.54. The van der Waals surface area contributed by atoms with E-state index >= 15 is 0 Å². The highest BCUT2D eigenvalue weighted by Gasteiger charge is 2.42. The van der Waals surface area contributed by atoms with Crippen molar-refractivity contribution < 1.29 is 4.52 Å². The maximum absolute atomic E-state index is 5.49. The maximum atomic E-state index is 5.49. The van der Waals surface area contributed by atoms with Gasteiger partial charge in [0, 0.05) is 30.0 Å². The van der Waals surface area contributed by atoms with Gasteiger partial charge >= 0.3 is 0 Å². The molecule has 2 aromatic heterocycles. The van der Waals surface area contributed by atoms with Crippen LogP contribution >= 0.6 is 0 Å². The van der Waals surface area contributed by atoms with Crippen LogP contribution in [0.4, 0.5) is 0 Å². The Labute approximate surface area is 111 Å². The van der Waals surface area contributed by atoms with Crippen molar-refractivity contribution in [3.63, 3.8) is 0 Å². The second kappa shape index (κ2) is 4.13. The molecule has 2 fully saturated rings. The third-order valence-electron chi connectivity index (χ3n) is 4.32. The first-order valence-electron chi connectivity index (χ1n) is 6.82. The van der Waals surface area contributed by atoms with E-state index in [2.05, 4.69) is 20.4 Å². The van der Waals surface area contributed by atoms with Gasteiger partial charge in [0.2, 0.25) is 11.7 Å². The largest absolute Gasteiger partial charge is 0.339 e. The average Bonchev–Trinajstić information content (AvgIpc) is 3.15. The summed E-state index contributed by atoms with van der Waals surface area (Å²) in [7, 11) is 0. The third kappa shape index (κ3) is 1.76. The summed E-state index contributed by atoms with van der Waals surface area (Å²) >= 11 is 0. The summed E-state index contributed by atoms with van der Waals surface area (Å²) in [6.07, 6.45) is 7.22. The van der Waals surface area contributed by atoms with Crippen LogP contribution in [0.25, 0.3) is 11.4 Å². The summed E-state index contributed by atoms with van der Waals surface area (Å²) in [5.74, 6) is 1.85. The summed E-state index contributed by atoms with van der Waals surface area (Å²) in [6, 6.07) is 3.10. The summed E-state index contributed by atoms with van der Waals surface area (Å²) in [4.78, 5) is 8.69. The molecule has 0 radical (unpaired) electrons. The average molecular weight is 256 g/mol. The van der Waals surface area contributed by atoms with Crippen LogP contribution in [0.15, 0.2) is 23.0 Å². The molecule has 4 rings (SSSR count). The van der Waals surface area contributed by atoms with Crippen LogP contribution in [-0.2, 0) is 0 Å². The fourth-order valence-corrected chi connectivity index (χ4v) is 3.32. The van der Waals surface area contributed by atoms with Crippen LogP contribution in [0.1, 0.15) is 36.6 Å². The van der Waals surface area contributed by atoms with Crippen molar-refractivity contribution in [2.45, 2.75) is 44.2 Å². The first-order valence-corrected chi connectivity index (χ1v) is 6.82. The van der Waals surface area contributed by atoms with Crippen molar-refractivity contribution in [3.8, 4) is 11.4 Å². The van der Waals surface area contributed by atoms with Gasteiger partial charge in [-0.3, -0.25) is 4.98 Å². The van der Waals surface area contributed by atoms with E-state index in [1.165, 1.54) is 12.8 Å². The van der Waals surface area contributed by atoms with Gasteiger partial charge in [0.15, 0.2) is 0 Å². The molecule has 2 aliphatic heterocycles. The van der Waals surface area contributed by atoms with Crippen LogP contribution in [0, 0.1) is 6.92 Å². The van der Waals surface area contributed by atoms with E-state index < -0.39 is 0 Å². The molecular formula is C14H16N4O. The number of aromatic nitrogens is 3. The lowest BCUT2D eigenvalue weighted by Crippen LogP contribution is -2.21. The monoisotopic (exact) mass is 256 g/mol. The van der Waals surface area contributed by atoms with Gasteiger partial charge in [-0.1, -0.05) is 5.16 Å². The van der Waals surface area contributed by atoms with Gasteiger partial charge in [-0.05, 0) is 37.8 Å². The Bertz CT molecular complexity index is 609. The van der Waals surface area contributed by atoms with Gasteiger partial charge < -0.3 is 9.84 Å². The molecule has 3 unspecified atom stereocenters. The number of hydrogen-bond acceptors (Lipinski definition) is 5. The van der Waals surface area contributed by atoms with Crippen LogP contribution < -0.4 is 5.32 Å². The van der Waals surface area contributed by atoms with E-state index in [0.717, 1.165) is 23.4 Å². The molecule has 2 aliphatic rings. The Balaban J connectivity index is 1.65. The normalized spacial score (nSPS) is 29.0. The smallest absolute Gasteiger partial charge is 0.231 e. The zero-order valence-electron chi connectivity index (χ0n) is 10.8. The van der Waals surface area contributed by atoms with Gasteiger partial charge in [-0.15, -0.1) is 0 Å². The standard InChI is InChI=1S/C14H16N4O/c1-8-7-15-5-4-10(8)13-17-14(19-18-13)11-6-9-2-3-12(11)16-9/h4-5,7,9,11-12,16H,2-3,6H2,1H3. The van der Waals surface area contributed by atoms with Crippen LogP contribution in [0.5, 0.6) is 0 Å². The van der Waals surface area contributed by atoms with E-state index in [-0.39, 0.29) is 0 Å². The lowest BCUT2D eigenvalue weighted by Gasteiger charge is -2.15. The van der Waals surface area contributed by atoms with Gasteiger partial charge in [0.05, 0.1) is 5.92 Å². The van der Waals surface area contributed by atoms with Crippen LogP contribution in [0.2, 0.25) is 0 Å². The SMILES string of the molecule is Cc1cnccc1-c1noc(C2CC3CCC2N3)n1. The molecule has 0 saturated carbocycles. The molecule has 98 valence electrons. The Morgan fingerprint density at radius 1 is 1.37 bits per heavy atom. The van der Waals surface area contributed by atoms with E-state index in [1.54, 1.807) is 6.20 Å². The zero-order chi connectivity index (χ0) is 12.8.